The Bertz CT molecular complexity index is 728. The molecule has 106 valence electrons. The maximum Gasteiger partial charge on any atom is 0.266 e. The Balaban J connectivity index is 2.19. The number of carbonyl (C=O) groups is 1. The Labute approximate surface area is 148 Å². The first-order valence-corrected chi connectivity index (χ1v) is 7.88. The van der Waals surface area contributed by atoms with E-state index in [0.29, 0.717) is 20.2 Å². The SMILES string of the molecule is N#C/C(=C/c1cc(Br)c(I)o1)C(=O)Nc1ccc(Cl)cc1. The molecule has 0 saturated heterocycles. The van der Waals surface area contributed by atoms with E-state index in [-0.39, 0.29) is 5.57 Å². The molecular weight excluding hydrogens is 470 g/mol. The van der Waals surface area contributed by atoms with Gasteiger partial charge in [0.25, 0.3) is 5.91 Å². The molecule has 0 saturated carbocycles. The minimum absolute atomic E-state index is 0.0531. The molecule has 2 rings (SSSR count). The molecule has 4 nitrogen and oxygen atoms in total. The van der Waals surface area contributed by atoms with Crippen LogP contribution in [0.1, 0.15) is 5.76 Å². The van der Waals surface area contributed by atoms with Crippen molar-refractivity contribution < 1.29 is 9.21 Å². The maximum atomic E-state index is 12.0. The van der Waals surface area contributed by atoms with Crippen LogP contribution >= 0.6 is 50.1 Å². The summed E-state index contributed by atoms with van der Waals surface area (Å²) in [5, 5.41) is 12.3. The molecule has 0 radical (unpaired) electrons. The number of nitrogens with one attached hydrogen (secondary N) is 1. The number of hydrogen-bond acceptors (Lipinski definition) is 3. The van der Waals surface area contributed by atoms with Crippen LogP contribution < -0.4 is 5.32 Å². The van der Waals surface area contributed by atoms with E-state index < -0.39 is 5.91 Å². The highest BCUT2D eigenvalue weighted by Gasteiger charge is 2.12. The summed E-state index contributed by atoms with van der Waals surface area (Å²) in [5.41, 5.74) is 0.503. The summed E-state index contributed by atoms with van der Waals surface area (Å²) in [7, 11) is 0. The number of carbonyl (C=O) groups excluding carboxylic acids is 1. The number of hydrogen-bond donors (Lipinski definition) is 1. The van der Waals surface area contributed by atoms with Gasteiger partial charge in [0, 0.05) is 39.4 Å². The van der Waals surface area contributed by atoms with Crippen molar-refractivity contribution in [2.75, 3.05) is 5.32 Å². The first-order valence-electron chi connectivity index (χ1n) is 5.63. The van der Waals surface area contributed by atoms with Crippen LogP contribution in [0.25, 0.3) is 6.08 Å². The van der Waals surface area contributed by atoms with E-state index >= 15 is 0 Å². The number of nitriles is 1. The zero-order chi connectivity index (χ0) is 15.4. The predicted octanol–water partition coefficient (Wildman–Crippen LogP) is 4.85. The molecule has 1 aromatic carbocycles. The summed E-state index contributed by atoms with van der Waals surface area (Å²) in [6.07, 6.45) is 1.39. The molecule has 0 aliphatic rings. The molecule has 0 aliphatic carbocycles. The molecule has 0 atom stereocenters. The highest BCUT2D eigenvalue weighted by atomic mass is 127. The molecule has 1 heterocycles. The van der Waals surface area contributed by atoms with E-state index in [2.05, 4.69) is 21.2 Å². The van der Waals surface area contributed by atoms with Gasteiger partial charge in [0.1, 0.15) is 17.4 Å². The Morgan fingerprint density at radius 3 is 2.62 bits per heavy atom. The molecule has 0 bridgehead atoms. The van der Waals surface area contributed by atoms with Crippen molar-refractivity contribution >= 4 is 67.8 Å². The second-order valence-electron chi connectivity index (χ2n) is 3.90. The molecule has 21 heavy (non-hydrogen) atoms. The third-order valence-corrected chi connectivity index (χ3v) is 4.80. The van der Waals surface area contributed by atoms with Gasteiger partial charge < -0.3 is 9.73 Å². The second-order valence-corrected chi connectivity index (χ2v) is 6.17. The molecule has 7 heteroatoms. The Kier molecular flexibility index (Phi) is 5.45. The third-order valence-electron chi connectivity index (χ3n) is 2.42. The number of furan rings is 1. The van der Waals surface area contributed by atoms with Crippen molar-refractivity contribution in [1.29, 1.82) is 5.26 Å². The summed E-state index contributed by atoms with van der Waals surface area (Å²) in [6, 6.07) is 10.2. The Hall–Kier alpha value is -1.30. The van der Waals surface area contributed by atoms with E-state index in [0.717, 1.165) is 4.47 Å². The minimum atomic E-state index is -0.512. The Morgan fingerprint density at radius 1 is 1.43 bits per heavy atom. The lowest BCUT2D eigenvalue weighted by Gasteiger charge is -2.03. The van der Waals surface area contributed by atoms with Crippen LogP contribution in [-0.2, 0) is 4.79 Å². The van der Waals surface area contributed by atoms with Crippen molar-refractivity contribution in [2.24, 2.45) is 0 Å². The van der Waals surface area contributed by atoms with Gasteiger partial charge in [0.2, 0.25) is 0 Å². The van der Waals surface area contributed by atoms with Crippen LogP contribution in [0.2, 0.25) is 5.02 Å². The molecule has 0 aliphatic heterocycles. The van der Waals surface area contributed by atoms with E-state index in [1.807, 2.05) is 28.7 Å². The summed E-state index contributed by atoms with van der Waals surface area (Å²) in [6.45, 7) is 0. The monoisotopic (exact) mass is 476 g/mol. The van der Waals surface area contributed by atoms with E-state index in [4.69, 9.17) is 21.3 Å². The first kappa shape index (κ1) is 16.1. The number of amides is 1. The van der Waals surface area contributed by atoms with Crippen molar-refractivity contribution in [3.8, 4) is 6.07 Å². The number of rotatable bonds is 3. The second kappa shape index (κ2) is 7.11. The van der Waals surface area contributed by atoms with Gasteiger partial charge in [0.15, 0.2) is 3.77 Å². The number of nitrogens with zero attached hydrogens (tertiary/aromatic N) is 1. The zero-order valence-electron chi connectivity index (χ0n) is 10.4. The Morgan fingerprint density at radius 2 is 2.10 bits per heavy atom. The maximum absolute atomic E-state index is 12.0. The molecular formula is C14H7BrClIN2O2. The fourth-order valence-corrected chi connectivity index (χ4v) is 2.30. The summed E-state index contributed by atoms with van der Waals surface area (Å²) >= 11 is 11.1. The quantitative estimate of drug-likeness (QED) is 0.391. The smallest absolute Gasteiger partial charge is 0.266 e. The van der Waals surface area contributed by atoms with Crippen LogP contribution in [-0.4, -0.2) is 5.91 Å². The summed E-state index contributed by atoms with van der Waals surface area (Å²) in [5.74, 6) is -0.0866. The topological polar surface area (TPSA) is 66.0 Å². The summed E-state index contributed by atoms with van der Waals surface area (Å²) in [4.78, 5) is 12.0. The van der Waals surface area contributed by atoms with Crippen LogP contribution in [0.4, 0.5) is 5.69 Å². The molecule has 1 N–H and O–H groups in total. The molecule has 1 aromatic heterocycles. The average Bonchev–Trinajstić information content (AvgIpc) is 2.77. The van der Waals surface area contributed by atoms with E-state index in [9.17, 15) is 4.79 Å². The van der Waals surface area contributed by atoms with Gasteiger partial charge in [-0.05, 0) is 46.3 Å². The standard InChI is InChI=1S/C14H7BrClIN2O2/c15-12-6-11(21-13(12)17)5-8(7-18)14(20)19-10-3-1-9(16)2-4-10/h1-6H,(H,19,20)/b8-5-. The molecule has 0 fully saturated rings. The normalized spacial score (nSPS) is 11.0. The van der Waals surface area contributed by atoms with Gasteiger partial charge in [-0.25, -0.2) is 0 Å². The van der Waals surface area contributed by atoms with E-state index in [1.165, 1.54) is 6.08 Å². The van der Waals surface area contributed by atoms with Crippen molar-refractivity contribution in [3.63, 3.8) is 0 Å². The van der Waals surface area contributed by atoms with Crippen LogP contribution in [0.5, 0.6) is 0 Å². The average molecular weight is 477 g/mol. The number of halogens is 3. The highest BCUT2D eigenvalue weighted by molar-refractivity contribution is 14.1. The van der Waals surface area contributed by atoms with Gasteiger partial charge in [-0.1, -0.05) is 11.6 Å². The predicted molar refractivity (Wildman–Crippen MR) is 92.8 cm³/mol. The van der Waals surface area contributed by atoms with Crippen molar-refractivity contribution in [2.45, 2.75) is 0 Å². The highest BCUT2D eigenvalue weighted by Crippen LogP contribution is 2.24. The van der Waals surface area contributed by atoms with Gasteiger partial charge in [-0.15, -0.1) is 0 Å². The fraction of sp³-hybridized carbons (Fsp3) is 0. The van der Waals surface area contributed by atoms with Crippen LogP contribution in [0, 0.1) is 15.1 Å². The molecule has 0 unspecified atom stereocenters. The van der Waals surface area contributed by atoms with Crippen molar-refractivity contribution in [3.05, 3.63) is 54.9 Å². The lowest BCUT2D eigenvalue weighted by molar-refractivity contribution is -0.112. The number of benzene rings is 1. The van der Waals surface area contributed by atoms with Gasteiger partial charge in [0.05, 0.1) is 4.47 Å². The molecule has 0 spiro atoms. The summed E-state index contributed by atoms with van der Waals surface area (Å²) < 4.78 is 6.79. The largest absolute Gasteiger partial charge is 0.450 e. The lowest BCUT2D eigenvalue weighted by Crippen LogP contribution is -2.13. The zero-order valence-corrected chi connectivity index (χ0v) is 14.9. The number of anilines is 1. The lowest BCUT2D eigenvalue weighted by atomic mass is 10.2. The first-order chi connectivity index (χ1) is 9.99. The van der Waals surface area contributed by atoms with Crippen LogP contribution in [0.3, 0.4) is 0 Å². The third kappa shape index (κ3) is 4.33. The van der Waals surface area contributed by atoms with Crippen molar-refractivity contribution in [1.82, 2.24) is 0 Å². The van der Waals surface area contributed by atoms with E-state index in [1.54, 1.807) is 30.3 Å². The van der Waals surface area contributed by atoms with Gasteiger partial charge >= 0.3 is 0 Å². The van der Waals surface area contributed by atoms with Gasteiger partial charge in [-0.3, -0.25) is 4.79 Å². The van der Waals surface area contributed by atoms with Gasteiger partial charge in [-0.2, -0.15) is 5.26 Å². The molecule has 1 amide bonds. The fourth-order valence-electron chi connectivity index (χ4n) is 1.46. The minimum Gasteiger partial charge on any atom is -0.450 e. The van der Waals surface area contributed by atoms with Crippen LogP contribution in [0.15, 0.2) is 44.8 Å². The molecule has 2 aromatic rings.